The Hall–Kier alpha value is -2.32. The van der Waals surface area contributed by atoms with Gasteiger partial charge in [0.05, 0.1) is 6.04 Å². The molecular formula is C19H20F2N2O3S. The van der Waals surface area contributed by atoms with Gasteiger partial charge in [0.2, 0.25) is 15.9 Å². The van der Waals surface area contributed by atoms with Crippen LogP contribution in [0.4, 0.5) is 8.78 Å². The molecule has 1 N–H and O–H groups in total. The minimum Gasteiger partial charge on any atom is -0.348 e. The number of amides is 1. The zero-order valence-electron chi connectivity index (χ0n) is 14.7. The first-order valence-corrected chi connectivity index (χ1v) is 10.1. The molecule has 2 unspecified atom stereocenters. The van der Waals surface area contributed by atoms with Crippen molar-refractivity contribution in [2.24, 2.45) is 0 Å². The normalized spacial score (nSPS) is 19.0. The maximum Gasteiger partial charge on any atom is 0.246 e. The minimum absolute atomic E-state index is 0.152. The first kappa shape index (κ1) is 19.4. The molecule has 1 fully saturated rings. The number of rotatable bonds is 5. The fourth-order valence-electron chi connectivity index (χ4n) is 3.21. The van der Waals surface area contributed by atoms with Crippen molar-refractivity contribution < 1.29 is 22.0 Å². The summed E-state index contributed by atoms with van der Waals surface area (Å²) in [5, 5.41) is 2.76. The number of carbonyl (C=O) groups is 1. The second-order valence-electron chi connectivity index (χ2n) is 6.49. The van der Waals surface area contributed by atoms with Crippen molar-refractivity contribution in [1.82, 2.24) is 9.62 Å². The van der Waals surface area contributed by atoms with Gasteiger partial charge in [-0.05, 0) is 49.6 Å². The maximum atomic E-state index is 14.0. The third-order valence-corrected chi connectivity index (χ3v) is 6.60. The molecule has 0 saturated carbocycles. The van der Waals surface area contributed by atoms with Crippen LogP contribution in [0.15, 0.2) is 53.4 Å². The van der Waals surface area contributed by atoms with Crippen molar-refractivity contribution in [3.8, 4) is 0 Å². The van der Waals surface area contributed by atoms with Crippen LogP contribution in [-0.2, 0) is 14.8 Å². The van der Waals surface area contributed by atoms with Gasteiger partial charge in [-0.25, -0.2) is 17.2 Å². The third kappa shape index (κ3) is 4.01. The summed E-state index contributed by atoms with van der Waals surface area (Å²) in [7, 11) is -4.12. The van der Waals surface area contributed by atoms with Gasteiger partial charge in [-0.3, -0.25) is 4.79 Å². The van der Waals surface area contributed by atoms with Crippen LogP contribution in [0.2, 0.25) is 0 Å². The number of carbonyl (C=O) groups excluding carboxylic acids is 1. The van der Waals surface area contributed by atoms with Crippen LogP contribution in [0.25, 0.3) is 0 Å². The van der Waals surface area contributed by atoms with Crippen LogP contribution in [0.5, 0.6) is 0 Å². The molecule has 0 spiro atoms. The molecule has 144 valence electrons. The van der Waals surface area contributed by atoms with E-state index in [1.54, 1.807) is 19.1 Å². The minimum atomic E-state index is -4.12. The quantitative estimate of drug-likeness (QED) is 0.848. The number of benzene rings is 2. The Morgan fingerprint density at radius 2 is 1.81 bits per heavy atom. The number of hydrogen-bond donors (Lipinski definition) is 1. The molecule has 0 radical (unpaired) electrons. The van der Waals surface area contributed by atoms with E-state index in [9.17, 15) is 22.0 Å². The molecule has 1 heterocycles. The number of nitrogens with one attached hydrogen (secondary N) is 1. The Balaban J connectivity index is 1.78. The highest BCUT2D eigenvalue weighted by Gasteiger charge is 2.40. The molecular weight excluding hydrogens is 374 g/mol. The summed E-state index contributed by atoms with van der Waals surface area (Å²) in [5.41, 5.74) is 0.700. The molecule has 27 heavy (non-hydrogen) atoms. The standard InChI is InChI=1S/C19H20F2N2O3S/c1-13(14-8-10-15(20)11-9-14)22-19(24)17-6-4-12-23(17)27(25,26)18-7-3-2-5-16(18)21/h2-3,5,7-11,13,17H,4,6,12H2,1H3,(H,22,24). The topological polar surface area (TPSA) is 66.5 Å². The Morgan fingerprint density at radius 1 is 1.15 bits per heavy atom. The highest BCUT2D eigenvalue weighted by Crippen LogP contribution is 2.28. The van der Waals surface area contributed by atoms with Gasteiger partial charge in [-0.2, -0.15) is 4.31 Å². The van der Waals surface area contributed by atoms with Crippen molar-refractivity contribution >= 4 is 15.9 Å². The fraction of sp³-hybridized carbons (Fsp3) is 0.316. The van der Waals surface area contributed by atoms with Gasteiger partial charge in [0.15, 0.2) is 0 Å². The Kier molecular flexibility index (Phi) is 5.57. The van der Waals surface area contributed by atoms with Crippen LogP contribution in [0, 0.1) is 11.6 Å². The number of hydrogen-bond acceptors (Lipinski definition) is 3. The SMILES string of the molecule is CC(NC(=O)C1CCCN1S(=O)(=O)c1ccccc1F)c1ccc(F)cc1. The summed E-state index contributed by atoms with van der Waals surface area (Å²) >= 11 is 0. The summed E-state index contributed by atoms with van der Waals surface area (Å²) in [6, 6.07) is 9.50. The van der Waals surface area contributed by atoms with E-state index in [-0.39, 0.29) is 12.4 Å². The van der Waals surface area contributed by atoms with Crippen molar-refractivity contribution in [2.75, 3.05) is 6.54 Å². The molecule has 5 nitrogen and oxygen atoms in total. The fourth-order valence-corrected chi connectivity index (χ4v) is 4.94. The van der Waals surface area contributed by atoms with Gasteiger partial charge in [0.1, 0.15) is 22.6 Å². The van der Waals surface area contributed by atoms with Crippen LogP contribution < -0.4 is 5.32 Å². The highest BCUT2D eigenvalue weighted by molar-refractivity contribution is 7.89. The summed E-state index contributed by atoms with van der Waals surface area (Å²) in [4.78, 5) is 12.3. The van der Waals surface area contributed by atoms with E-state index in [0.29, 0.717) is 18.4 Å². The van der Waals surface area contributed by atoms with Gasteiger partial charge in [0.25, 0.3) is 0 Å². The number of sulfonamides is 1. The van der Waals surface area contributed by atoms with Gasteiger partial charge in [-0.15, -0.1) is 0 Å². The van der Waals surface area contributed by atoms with E-state index in [0.717, 1.165) is 10.4 Å². The summed E-state index contributed by atoms with van der Waals surface area (Å²) in [5.74, 6) is -1.68. The number of nitrogens with zero attached hydrogens (tertiary/aromatic N) is 1. The van der Waals surface area contributed by atoms with E-state index < -0.39 is 38.7 Å². The summed E-state index contributed by atoms with van der Waals surface area (Å²) in [6.45, 7) is 1.88. The predicted octanol–water partition coefficient (Wildman–Crippen LogP) is 3.00. The average molecular weight is 394 g/mol. The maximum absolute atomic E-state index is 14.0. The van der Waals surface area contributed by atoms with Crippen LogP contribution >= 0.6 is 0 Å². The summed E-state index contributed by atoms with van der Waals surface area (Å²) in [6.07, 6.45) is 0.867. The van der Waals surface area contributed by atoms with E-state index in [2.05, 4.69) is 5.32 Å². The lowest BCUT2D eigenvalue weighted by atomic mass is 10.1. The number of halogens is 2. The Morgan fingerprint density at radius 3 is 2.48 bits per heavy atom. The second-order valence-corrected chi connectivity index (χ2v) is 8.35. The monoisotopic (exact) mass is 394 g/mol. The Labute approximate surface area is 157 Å². The molecule has 0 aliphatic carbocycles. The van der Waals surface area contributed by atoms with Crippen molar-refractivity contribution in [2.45, 2.75) is 36.7 Å². The van der Waals surface area contributed by atoms with Gasteiger partial charge < -0.3 is 5.32 Å². The van der Waals surface area contributed by atoms with E-state index in [4.69, 9.17) is 0 Å². The molecule has 1 amide bonds. The molecule has 0 bridgehead atoms. The van der Waals surface area contributed by atoms with Crippen molar-refractivity contribution in [3.05, 3.63) is 65.7 Å². The lowest BCUT2D eigenvalue weighted by molar-refractivity contribution is -0.124. The van der Waals surface area contributed by atoms with Crippen LogP contribution in [0.3, 0.4) is 0 Å². The van der Waals surface area contributed by atoms with Crippen molar-refractivity contribution in [1.29, 1.82) is 0 Å². The zero-order chi connectivity index (χ0) is 19.6. The van der Waals surface area contributed by atoms with E-state index >= 15 is 0 Å². The molecule has 2 atom stereocenters. The molecule has 0 aromatic heterocycles. The average Bonchev–Trinajstić information content (AvgIpc) is 3.13. The largest absolute Gasteiger partial charge is 0.348 e. The third-order valence-electron chi connectivity index (χ3n) is 4.66. The predicted molar refractivity (Wildman–Crippen MR) is 96.3 cm³/mol. The molecule has 2 aromatic carbocycles. The first-order valence-electron chi connectivity index (χ1n) is 8.63. The van der Waals surface area contributed by atoms with Gasteiger partial charge in [-0.1, -0.05) is 24.3 Å². The first-order chi connectivity index (χ1) is 12.8. The lowest BCUT2D eigenvalue weighted by Crippen LogP contribution is -2.46. The van der Waals surface area contributed by atoms with E-state index in [1.807, 2.05) is 0 Å². The molecule has 1 aliphatic rings. The van der Waals surface area contributed by atoms with Crippen LogP contribution in [-0.4, -0.2) is 31.2 Å². The lowest BCUT2D eigenvalue weighted by Gasteiger charge is -2.25. The molecule has 1 saturated heterocycles. The Bertz CT molecular complexity index is 932. The highest BCUT2D eigenvalue weighted by atomic mass is 32.2. The molecule has 3 rings (SSSR count). The van der Waals surface area contributed by atoms with Crippen molar-refractivity contribution in [3.63, 3.8) is 0 Å². The molecule has 8 heteroatoms. The zero-order valence-corrected chi connectivity index (χ0v) is 15.5. The van der Waals surface area contributed by atoms with Gasteiger partial charge in [0, 0.05) is 6.54 Å². The summed E-state index contributed by atoms with van der Waals surface area (Å²) < 4.78 is 53.7. The molecule has 1 aliphatic heterocycles. The molecule has 2 aromatic rings. The van der Waals surface area contributed by atoms with Gasteiger partial charge >= 0.3 is 0 Å². The van der Waals surface area contributed by atoms with Crippen LogP contribution in [0.1, 0.15) is 31.4 Å². The van der Waals surface area contributed by atoms with E-state index in [1.165, 1.54) is 30.3 Å². The second kappa shape index (κ2) is 7.74. The smallest absolute Gasteiger partial charge is 0.246 e.